The average Bonchev–Trinajstić information content (AvgIpc) is 2.94. The van der Waals surface area contributed by atoms with E-state index < -0.39 is 0 Å². The standard InChI is InChI=1S/C23H25ClN4/c1-14-7-8-18-16(5-4-6-21(18)26-14)12-28-22-9-15(2)27(3)13-20(22)19-10-17(24)11-25-23(19)28/h7-8,10-12,15H,4-6,9,13H2,1-3H3. The maximum atomic E-state index is 6.30. The number of nitrogens with zero attached hydrogens (tertiary/aromatic N) is 4. The number of allylic oxidation sites excluding steroid dienone is 1. The Kier molecular flexibility index (Phi) is 4.29. The van der Waals surface area contributed by atoms with Crippen molar-refractivity contribution < 1.29 is 0 Å². The van der Waals surface area contributed by atoms with E-state index >= 15 is 0 Å². The van der Waals surface area contributed by atoms with Gasteiger partial charge in [0.25, 0.3) is 0 Å². The largest absolute Gasteiger partial charge is 0.304 e. The molecule has 0 spiro atoms. The van der Waals surface area contributed by atoms with E-state index in [1.165, 1.54) is 33.5 Å². The van der Waals surface area contributed by atoms with Crippen LogP contribution < -0.4 is 0 Å². The molecule has 0 saturated carbocycles. The fourth-order valence-electron chi connectivity index (χ4n) is 4.62. The Bertz CT molecular complexity index is 1110. The monoisotopic (exact) mass is 392 g/mol. The molecular formula is C23H25ClN4. The molecule has 2 aliphatic rings. The molecule has 0 radical (unpaired) electrons. The van der Waals surface area contributed by atoms with Gasteiger partial charge in [0.1, 0.15) is 5.65 Å². The van der Waals surface area contributed by atoms with Gasteiger partial charge < -0.3 is 4.57 Å². The van der Waals surface area contributed by atoms with Gasteiger partial charge in [-0.1, -0.05) is 17.7 Å². The summed E-state index contributed by atoms with van der Waals surface area (Å²) in [4.78, 5) is 11.9. The number of hydrogen-bond donors (Lipinski definition) is 0. The van der Waals surface area contributed by atoms with Crippen molar-refractivity contribution in [3.63, 3.8) is 0 Å². The van der Waals surface area contributed by atoms with Gasteiger partial charge in [0, 0.05) is 59.4 Å². The van der Waals surface area contributed by atoms with Gasteiger partial charge in [-0.15, -0.1) is 0 Å². The quantitative estimate of drug-likeness (QED) is 0.577. The Morgan fingerprint density at radius 2 is 2.11 bits per heavy atom. The van der Waals surface area contributed by atoms with Crippen molar-refractivity contribution in [3.05, 3.63) is 57.6 Å². The van der Waals surface area contributed by atoms with Crippen molar-refractivity contribution in [2.75, 3.05) is 7.05 Å². The maximum Gasteiger partial charge on any atom is 0.144 e. The second kappa shape index (κ2) is 6.71. The van der Waals surface area contributed by atoms with Crippen LogP contribution in [0.1, 0.15) is 48.0 Å². The van der Waals surface area contributed by atoms with Gasteiger partial charge in [-0.3, -0.25) is 9.88 Å². The van der Waals surface area contributed by atoms with Crippen molar-refractivity contribution in [1.82, 2.24) is 19.4 Å². The number of fused-ring (bicyclic) bond motifs is 4. The molecule has 1 aliphatic carbocycles. The van der Waals surface area contributed by atoms with Gasteiger partial charge in [-0.2, -0.15) is 0 Å². The molecule has 3 aromatic rings. The summed E-state index contributed by atoms with van der Waals surface area (Å²) in [6, 6.07) is 6.94. The first-order valence-corrected chi connectivity index (χ1v) is 10.4. The lowest BCUT2D eigenvalue weighted by molar-refractivity contribution is 0.230. The number of aryl methyl sites for hydroxylation is 2. The lowest BCUT2D eigenvalue weighted by Crippen LogP contribution is -2.35. The number of rotatable bonds is 1. The summed E-state index contributed by atoms with van der Waals surface area (Å²) in [5, 5.41) is 1.88. The fraction of sp³-hybridized carbons (Fsp3) is 0.391. The molecule has 1 unspecified atom stereocenters. The first kappa shape index (κ1) is 17.9. The summed E-state index contributed by atoms with van der Waals surface area (Å²) in [6.07, 6.45) is 8.38. The molecule has 0 saturated heterocycles. The molecule has 3 aromatic heterocycles. The Balaban J connectivity index is 1.73. The van der Waals surface area contributed by atoms with Gasteiger partial charge in [0.05, 0.1) is 5.02 Å². The topological polar surface area (TPSA) is 34.0 Å². The summed E-state index contributed by atoms with van der Waals surface area (Å²) < 4.78 is 2.33. The molecule has 144 valence electrons. The highest BCUT2D eigenvalue weighted by Gasteiger charge is 2.27. The Morgan fingerprint density at radius 1 is 1.25 bits per heavy atom. The zero-order valence-electron chi connectivity index (χ0n) is 16.7. The van der Waals surface area contributed by atoms with Crippen LogP contribution in [0, 0.1) is 6.92 Å². The second-order valence-corrected chi connectivity index (χ2v) is 8.68. The molecule has 0 amide bonds. The van der Waals surface area contributed by atoms with E-state index in [1.54, 1.807) is 6.20 Å². The summed E-state index contributed by atoms with van der Waals surface area (Å²) in [5.74, 6) is 0. The average molecular weight is 393 g/mol. The van der Waals surface area contributed by atoms with Crippen LogP contribution in [0.4, 0.5) is 0 Å². The van der Waals surface area contributed by atoms with Crippen LogP contribution in [0.3, 0.4) is 0 Å². The van der Waals surface area contributed by atoms with Crippen LogP contribution in [0.5, 0.6) is 0 Å². The number of pyridine rings is 2. The van der Waals surface area contributed by atoms with Crippen molar-refractivity contribution >= 4 is 34.4 Å². The van der Waals surface area contributed by atoms with Gasteiger partial charge >= 0.3 is 0 Å². The smallest absolute Gasteiger partial charge is 0.144 e. The molecule has 5 heteroatoms. The number of likely N-dealkylation sites (N-methyl/N-ethyl adjacent to an activating group) is 1. The van der Waals surface area contributed by atoms with E-state index in [9.17, 15) is 0 Å². The zero-order chi connectivity index (χ0) is 19.4. The van der Waals surface area contributed by atoms with E-state index in [4.69, 9.17) is 21.6 Å². The minimum atomic E-state index is 0.507. The first-order valence-electron chi connectivity index (χ1n) is 10.1. The third-order valence-corrected chi connectivity index (χ3v) is 6.49. The predicted molar refractivity (Wildman–Crippen MR) is 115 cm³/mol. The van der Waals surface area contributed by atoms with Gasteiger partial charge in [0.15, 0.2) is 0 Å². The van der Waals surface area contributed by atoms with Crippen LogP contribution in [0.25, 0.3) is 22.8 Å². The molecule has 0 N–H and O–H groups in total. The Hall–Kier alpha value is -2.17. The minimum Gasteiger partial charge on any atom is -0.304 e. The van der Waals surface area contributed by atoms with Crippen LogP contribution in [0.2, 0.25) is 5.02 Å². The normalized spacial score (nSPS) is 21.1. The van der Waals surface area contributed by atoms with Crippen LogP contribution in [-0.2, 0) is 19.4 Å². The molecule has 0 bridgehead atoms. The van der Waals surface area contributed by atoms with E-state index in [1.807, 2.05) is 0 Å². The van der Waals surface area contributed by atoms with E-state index in [0.29, 0.717) is 11.1 Å². The third kappa shape index (κ3) is 2.87. The maximum absolute atomic E-state index is 6.30. The van der Waals surface area contributed by atoms with E-state index in [2.05, 4.69) is 54.8 Å². The number of halogens is 1. The van der Waals surface area contributed by atoms with Crippen molar-refractivity contribution in [3.8, 4) is 0 Å². The highest BCUT2D eigenvalue weighted by atomic mass is 35.5. The van der Waals surface area contributed by atoms with Gasteiger partial charge in [-0.25, -0.2) is 4.98 Å². The SMILES string of the molecule is Cc1ccc2c(n1)CCCC2=Cn1c2c(c3cc(Cl)cnc31)CN(C)C(C)C2. The third-order valence-electron chi connectivity index (χ3n) is 6.28. The molecule has 0 aromatic carbocycles. The first-order chi connectivity index (χ1) is 13.5. The molecule has 4 nitrogen and oxygen atoms in total. The number of hydrogen-bond acceptors (Lipinski definition) is 3. The molecule has 1 atom stereocenters. The lowest BCUT2D eigenvalue weighted by Gasteiger charge is -2.30. The van der Waals surface area contributed by atoms with Crippen molar-refractivity contribution in [2.45, 2.75) is 52.1 Å². The Morgan fingerprint density at radius 3 is 2.96 bits per heavy atom. The highest BCUT2D eigenvalue weighted by Crippen LogP contribution is 2.36. The molecule has 28 heavy (non-hydrogen) atoms. The molecular weight excluding hydrogens is 368 g/mol. The summed E-state index contributed by atoms with van der Waals surface area (Å²) in [7, 11) is 2.19. The van der Waals surface area contributed by atoms with Crippen LogP contribution in [0.15, 0.2) is 24.4 Å². The van der Waals surface area contributed by atoms with Gasteiger partial charge in [-0.05, 0) is 63.4 Å². The molecule has 5 rings (SSSR count). The van der Waals surface area contributed by atoms with E-state index in [0.717, 1.165) is 43.6 Å². The number of aromatic nitrogens is 3. The molecule has 1 aliphatic heterocycles. The lowest BCUT2D eigenvalue weighted by atomic mass is 9.91. The van der Waals surface area contributed by atoms with Crippen molar-refractivity contribution in [1.29, 1.82) is 0 Å². The van der Waals surface area contributed by atoms with E-state index in [-0.39, 0.29) is 0 Å². The predicted octanol–water partition coefficient (Wildman–Crippen LogP) is 5.10. The summed E-state index contributed by atoms with van der Waals surface area (Å²) in [5.41, 5.74) is 8.72. The fourth-order valence-corrected chi connectivity index (χ4v) is 4.77. The summed E-state index contributed by atoms with van der Waals surface area (Å²) >= 11 is 6.30. The zero-order valence-corrected chi connectivity index (χ0v) is 17.4. The Labute approximate surface area is 170 Å². The van der Waals surface area contributed by atoms with Crippen LogP contribution in [-0.4, -0.2) is 32.5 Å². The molecule has 4 heterocycles. The highest BCUT2D eigenvalue weighted by molar-refractivity contribution is 6.31. The van der Waals surface area contributed by atoms with Gasteiger partial charge in [0.2, 0.25) is 0 Å². The van der Waals surface area contributed by atoms with Crippen molar-refractivity contribution in [2.24, 2.45) is 0 Å². The summed E-state index contributed by atoms with van der Waals surface area (Å²) in [6.45, 7) is 5.29. The minimum absolute atomic E-state index is 0.507. The second-order valence-electron chi connectivity index (χ2n) is 8.24. The molecule has 0 fully saturated rings. The van der Waals surface area contributed by atoms with Crippen LogP contribution >= 0.6 is 11.6 Å².